The third-order valence-corrected chi connectivity index (χ3v) is 2.72. The Balaban J connectivity index is 2.16. The Hall–Kier alpha value is -1.36. The van der Waals surface area contributed by atoms with Crippen LogP contribution in [0.4, 0.5) is 4.39 Å². The van der Waals surface area contributed by atoms with Crippen LogP contribution >= 0.6 is 0 Å². The summed E-state index contributed by atoms with van der Waals surface area (Å²) in [6, 6.07) is 4.59. The van der Waals surface area contributed by atoms with Crippen LogP contribution in [0.15, 0.2) is 18.2 Å². The number of amides is 1. The van der Waals surface area contributed by atoms with Gasteiger partial charge >= 0.3 is 0 Å². The SMILES string of the molecule is Bc1ccc(C(=O)N2CCOCC2)cc1F. The molecule has 0 saturated carbocycles. The lowest BCUT2D eigenvalue weighted by Gasteiger charge is -2.26. The molecule has 1 aliphatic rings. The number of halogens is 1. The molecular formula is C11H13BFNO2. The van der Waals surface area contributed by atoms with Gasteiger partial charge in [0, 0.05) is 18.7 Å². The fourth-order valence-electron chi connectivity index (χ4n) is 1.67. The van der Waals surface area contributed by atoms with Crippen molar-refractivity contribution < 1.29 is 13.9 Å². The average molecular weight is 221 g/mol. The zero-order valence-electron chi connectivity index (χ0n) is 9.20. The van der Waals surface area contributed by atoms with Gasteiger partial charge in [-0.3, -0.25) is 4.79 Å². The molecule has 0 atom stereocenters. The minimum Gasteiger partial charge on any atom is -0.378 e. The van der Waals surface area contributed by atoms with E-state index >= 15 is 0 Å². The van der Waals surface area contributed by atoms with Crippen LogP contribution in [0.3, 0.4) is 0 Å². The molecule has 0 spiro atoms. The van der Waals surface area contributed by atoms with Crippen molar-refractivity contribution in [2.45, 2.75) is 0 Å². The van der Waals surface area contributed by atoms with Crippen LogP contribution in [0.25, 0.3) is 0 Å². The molecule has 0 N–H and O–H groups in total. The monoisotopic (exact) mass is 221 g/mol. The topological polar surface area (TPSA) is 29.5 Å². The molecule has 0 bridgehead atoms. The van der Waals surface area contributed by atoms with Crippen LogP contribution in [0.5, 0.6) is 0 Å². The molecule has 0 aliphatic carbocycles. The van der Waals surface area contributed by atoms with Crippen molar-refractivity contribution in [2.75, 3.05) is 26.3 Å². The van der Waals surface area contributed by atoms with Crippen LogP contribution < -0.4 is 5.46 Å². The van der Waals surface area contributed by atoms with Crippen LogP contribution in [0.2, 0.25) is 0 Å². The minimum absolute atomic E-state index is 0.123. The number of hydrogen-bond donors (Lipinski definition) is 0. The highest BCUT2D eigenvalue weighted by Crippen LogP contribution is 2.07. The predicted molar refractivity (Wildman–Crippen MR) is 61.3 cm³/mol. The first-order chi connectivity index (χ1) is 7.68. The molecule has 5 heteroatoms. The maximum atomic E-state index is 13.3. The molecule has 0 aromatic heterocycles. The summed E-state index contributed by atoms with van der Waals surface area (Å²) in [5, 5.41) is 0. The second kappa shape index (κ2) is 4.66. The van der Waals surface area contributed by atoms with Crippen molar-refractivity contribution in [1.82, 2.24) is 4.90 Å². The number of nitrogens with zero attached hydrogens (tertiary/aromatic N) is 1. The van der Waals surface area contributed by atoms with E-state index in [9.17, 15) is 9.18 Å². The lowest BCUT2D eigenvalue weighted by Crippen LogP contribution is -2.40. The predicted octanol–water partition coefficient (Wildman–Crippen LogP) is -0.444. The number of benzene rings is 1. The zero-order valence-corrected chi connectivity index (χ0v) is 9.20. The van der Waals surface area contributed by atoms with Crippen LogP contribution in [0, 0.1) is 5.82 Å². The fourth-order valence-corrected chi connectivity index (χ4v) is 1.67. The summed E-state index contributed by atoms with van der Waals surface area (Å²) in [5.41, 5.74) is 0.962. The van der Waals surface area contributed by atoms with E-state index in [4.69, 9.17) is 4.74 Å². The van der Waals surface area contributed by atoms with Crippen molar-refractivity contribution in [3.63, 3.8) is 0 Å². The quantitative estimate of drug-likeness (QED) is 0.601. The average Bonchev–Trinajstić information content (AvgIpc) is 2.33. The van der Waals surface area contributed by atoms with Crippen LogP contribution in [0.1, 0.15) is 10.4 Å². The summed E-state index contributed by atoms with van der Waals surface area (Å²) in [6.07, 6.45) is 0. The smallest absolute Gasteiger partial charge is 0.254 e. The van der Waals surface area contributed by atoms with Gasteiger partial charge < -0.3 is 9.64 Å². The maximum Gasteiger partial charge on any atom is 0.254 e. The standard InChI is InChI=1S/C11H13BFNO2/c12-9-2-1-8(7-10(9)13)11(15)14-3-5-16-6-4-14/h1-2,7H,3-6,12H2. The van der Waals surface area contributed by atoms with E-state index in [1.54, 1.807) is 24.9 Å². The highest BCUT2D eigenvalue weighted by molar-refractivity contribution is 6.32. The van der Waals surface area contributed by atoms with E-state index < -0.39 is 0 Å². The largest absolute Gasteiger partial charge is 0.378 e. The molecule has 0 unspecified atom stereocenters. The van der Waals surface area contributed by atoms with Gasteiger partial charge in [0.1, 0.15) is 13.7 Å². The molecule has 0 radical (unpaired) electrons. The van der Waals surface area contributed by atoms with E-state index in [2.05, 4.69) is 0 Å². The summed E-state index contributed by atoms with van der Waals surface area (Å²) >= 11 is 0. The Morgan fingerprint density at radius 3 is 2.69 bits per heavy atom. The molecule has 1 saturated heterocycles. The highest BCUT2D eigenvalue weighted by atomic mass is 19.1. The fraction of sp³-hybridized carbons (Fsp3) is 0.364. The molecule has 1 fully saturated rings. The van der Waals surface area contributed by atoms with Crippen LogP contribution in [-0.4, -0.2) is 45.0 Å². The molecule has 16 heavy (non-hydrogen) atoms. The Bertz CT molecular complexity index is 405. The molecule has 3 nitrogen and oxygen atoms in total. The van der Waals surface area contributed by atoms with Gasteiger partial charge in [0.05, 0.1) is 13.2 Å². The van der Waals surface area contributed by atoms with Gasteiger partial charge in [-0.25, -0.2) is 4.39 Å². The summed E-state index contributed by atoms with van der Waals surface area (Å²) in [5.74, 6) is -0.457. The Labute approximate surface area is 94.6 Å². The van der Waals surface area contributed by atoms with Crippen LogP contribution in [-0.2, 0) is 4.74 Å². The molecule has 1 aromatic carbocycles. The molecule has 1 amide bonds. The lowest BCUT2D eigenvalue weighted by molar-refractivity contribution is 0.0302. The Morgan fingerprint density at radius 2 is 2.06 bits per heavy atom. The van der Waals surface area contributed by atoms with Gasteiger partial charge in [0.15, 0.2) is 0 Å². The van der Waals surface area contributed by atoms with Crippen molar-refractivity contribution in [3.8, 4) is 0 Å². The van der Waals surface area contributed by atoms with Crippen molar-refractivity contribution >= 4 is 19.2 Å². The maximum absolute atomic E-state index is 13.3. The summed E-state index contributed by atoms with van der Waals surface area (Å²) < 4.78 is 18.5. The summed E-state index contributed by atoms with van der Waals surface area (Å²) in [7, 11) is 1.68. The van der Waals surface area contributed by atoms with E-state index in [0.717, 1.165) is 0 Å². The third-order valence-electron chi connectivity index (χ3n) is 2.72. The second-order valence-electron chi connectivity index (χ2n) is 3.87. The molecule has 1 heterocycles. The number of carbonyl (C=O) groups is 1. The third kappa shape index (κ3) is 2.24. The first-order valence-corrected chi connectivity index (χ1v) is 5.31. The second-order valence-corrected chi connectivity index (χ2v) is 3.87. The van der Waals surface area contributed by atoms with Gasteiger partial charge in [0.25, 0.3) is 5.91 Å². The van der Waals surface area contributed by atoms with E-state index in [1.807, 2.05) is 0 Å². The molecular weight excluding hydrogens is 208 g/mol. The molecule has 1 aromatic rings. The molecule has 1 aliphatic heterocycles. The van der Waals surface area contributed by atoms with E-state index in [0.29, 0.717) is 37.3 Å². The molecule has 84 valence electrons. The van der Waals surface area contributed by atoms with Gasteiger partial charge in [-0.1, -0.05) is 11.5 Å². The van der Waals surface area contributed by atoms with Gasteiger partial charge in [-0.2, -0.15) is 0 Å². The van der Waals surface area contributed by atoms with E-state index in [-0.39, 0.29) is 11.7 Å². The van der Waals surface area contributed by atoms with Crippen molar-refractivity contribution in [2.24, 2.45) is 0 Å². The summed E-state index contributed by atoms with van der Waals surface area (Å²) in [4.78, 5) is 13.7. The first kappa shape index (κ1) is 11.1. The Kier molecular flexibility index (Phi) is 3.24. The van der Waals surface area contributed by atoms with Crippen molar-refractivity contribution in [3.05, 3.63) is 29.6 Å². The van der Waals surface area contributed by atoms with E-state index in [1.165, 1.54) is 6.07 Å². The minimum atomic E-state index is -0.334. The zero-order chi connectivity index (χ0) is 11.5. The molecule has 2 rings (SSSR count). The number of ether oxygens (including phenoxy) is 1. The van der Waals surface area contributed by atoms with Gasteiger partial charge in [-0.05, 0) is 12.1 Å². The number of carbonyl (C=O) groups excluding carboxylic acids is 1. The normalized spacial score (nSPS) is 16.2. The lowest BCUT2D eigenvalue weighted by atomic mass is 9.94. The van der Waals surface area contributed by atoms with Gasteiger partial charge in [0.2, 0.25) is 0 Å². The highest BCUT2D eigenvalue weighted by Gasteiger charge is 2.18. The summed E-state index contributed by atoms with van der Waals surface area (Å²) in [6.45, 7) is 2.27. The Morgan fingerprint density at radius 1 is 1.38 bits per heavy atom. The van der Waals surface area contributed by atoms with Crippen molar-refractivity contribution in [1.29, 1.82) is 0 Å². The first-order valence-electron chi connectivity index (χ1n) is 5.31. The number of rotatable bonds is 1. The number of morpholine rings is 1. The number of hydrogen-bond acceptors (Lipinski definition) is 2. The van der Waals surface area contributed by atoms with Gasteiger partial charge in [-0.15, -0.1) is 0 Å².